The molecule has 0 heterocycles. The average Bonchev–Trinajstić information content (AvgIpc) is 3.03. The summed E-state index contributed by atoms with van der Waals surface area (Å²) in [4.78, 5) is 0. The van der Waals surface area contributed by atoms with Crippen LogP contribution in [0.2, 0.25) is 0 Å². The lowest BCUT2D eigenvalue weighted by Crippen LogP contribution is -2.38. The molecule has 0 bridgehead atoms. The summed E-state index contributed by atoms with van der Waals surface area (Å²) in [6.45, 7) is 12.5. The number of aliphatic hydroxyl groups excluding tert-OH is 2. The van der Waals surface area contributed by atoms with Crippen LogP contribution >= 0.6 is 0 Å². The average molecular weight is 417 g/mol. The maximum atomic E-state index is 10.3. The summed E-state index contributed by atoms with van der Waals surface area (Å²) in [6.07, 6.45) is 14.1. The van der Waals surface area contributed by atoms with Gasteiger partial charge in [0.05, 0.1) is 17.8 Å². The van der Waals surface area contributed by atoms with E-state index in [4.69, 9.17) is 0 Å². The van der Waals surface area contributed by atoms with Crippen LogP contribution in [0.15, 0.2) is 35.5 Å². The van der Waals surface area contributed by atoms with Crippen molar-refractivity contribution in [3.8, 4) is 0 Å². The topological polar surface area (TPSA) is 60.7 Å². The molecule has 6 atom stereocenters. The van der Waals surface area contributed by atoms with E-state index in [0.717, 1.165) is 25.7 Å². The van der Waals surface area contributed by atoms with Gasteiger partial charge in [0, 0.05) is 0 Å². The summed E-state index contributed by atoms with van der Waals surface area (Å²) in [6, 6.07) is 0. The van der Waals surface area contributed by atoms with Crippen molar-refractivity contribution in [2.24, 2.45) is 23.2 Å². The number of hydrogen-bond acceptors (Lipinski definition) is 3. The molecule has 0 aromatic heterocycles. The minimum Gasteiger partial charge on any atom is -0.393 e. The van der Waals surface area contributed by atoms with Gasteiger partial charge in [-0.3, -0.25) is 0 Å². The van der Waals surface area contributed by atoms with Crippen LogP contribution in [-0.2, 0) is 0 Å². The predicted molar refractivity (Wildman–Crippen MR) is 124 cm³/mol. The second-order valence-corrected chi connectivity index (χ2v) is 11.3. The molecule has 3 aliphatic rings. The highest BCUT2D eigenvalue weighted by atomic mass is 16.3. The lowest BCUT2D eigenvalue weighted by Gasteiger charge is -2.44. The van der Waals surface area contributed by atoms with Crippen LogP contribution in [0.5, 0.6) is 0 Å². The number of allylic oxidation sites excluding steroid dienone is 4. The highest BCUT2D eigenvalue weighted by molar-refractivity contribution is 5.36. The lowest BCUT2D eigenvalue weighted by molar-refractivity contribution is -0.0554. The molecule has 3 heteroatoms. The molecule has 3 saturated carbocycles. The SMILES string of the molecule is C=C1CC[C@H](O)C/C1=C/C=C1\CCCC2(C)[C@@H](C(C)CC[C@@H](O)C(C)(C)O)CC[C@@H]12. The first-order valence-corrected chi connectivity index (χ1v) is 12.2. The largest absolute Gasteiger partial charge is 0.393 e. The van der Waals surface area contributed by atoms with Crippen LogP contribution in [0, 0.1) is 23.2 Å². The Balaban J connectivity index is 1.69. The minimum absolute atomic E-state index is 0.215. The van der Waals surface area contributed by atoms with E-state index >= 15 is 0 Å². The van der Waals surface area contributed by atoms with Gasteiger partial charge in [-0.25, -0.2) is 0 Å². The van der Waals surface area contributed by atoms with Gasteiger partial charge >= 0.3 is 0 Å². The highest BCUT2D eigenvalue weighted by Gasteiger charge is 2.50. The zero-order chi connectivity index (χ0) is 22.1. The Morgan fingerprint density at radius 3 is 2.60 bits per heavy atom. The van der Waals surface area contributed by atoms with E-state index in [1.807, 2.05) is 0 Å². The van der Waals surface area contributed by atoms with E-state index in [9.17, 15) is 15.3 Å². The van der Waals surface area contributed by atoms with Crippen LogP contribution in [0.1, 0.15) is 91.9 Å². The number of rotatable bonds is 6. The molecule has 3 N–H and O–H groups in total. The van der Waals surface area contributed by atoms with Gasteiger partial charge in [-0.2, -0.15) is 0 Å². The first kappa shape index (κ1) is 23.8. The molecule has 0 saturated heterocycles. The molecule has 0 spiro atoms. The third-order valence-corrected chi connectivity index (χ3v) is 8.62. The molecule has 30 heavy (non-hydrogen) atoms. The second-order valence-electron chi connectivity index (χ2n) is 11.3. The molecule has 0 radical (unpaired) electrons. The predicted octanol–water partition coefficient (Wildman–Crippen LogP) is 5.70. The van der Waals surface area contributed by atoms with Gasteiger partial charge < -0.3 is 15.3 Å². The minimum atomic E-state index is -1.02. The molecule has 2 unspecified atom stereocenters. The molecular formula is C27H44O3. The fourth-order valence-corrected chi connectivity index (χ4v) is 6.58. The van der Waals surface area contributed by atoms with E-state index in [2.05, 4.69) is 32.6 Å². The van der Waals surface area contributed by atoms with Crippen LogP contribution < -0.4 is 0 Å². The maximum absolute atomic E-state index is 10.3. The molecule has 3 nitrogen and oxygen atoms in total. The Morgan fingerprint density at radius 1 is 1.17 bits per heavy atom. The molecule has 0 aliphatic heterocycles. The van der Waals surface area contributed by atoms with Gasteiger partial charge in [0.2, 0.25) is 0 Å². The fourth-order valence-electron chi connectivity index (χ4n) is 6.58. The normalized spacial score (nSPS) is 37.4. The summed E-state index contributed by atoms with van der Waals surface area (Å²) in [5.74, 6) is 1.89. The Morgan fingerprint density at radius 2 is 1.90 bits per heavy atom. The zero-order valence-electron chi connectivity index (χ0n) is 19.7. The summed E-state index contributed by atoms with van der Waals surface area (Å²) < 4.78 is 0. The smallest absolute Gasteiger partial charge is 0.0849 e. The summed E-state index contributed by atoms with van der Waals surface area (Å²) in [5, 5.41) is 30.3. The third-order valence-electron chi connectivity index (χ3n) is 8.62. The number of aliphatic hydroxyl groups is 3. The van der Waals surface area contributed by atoms with E-state index in [1.54, 1.807) is 19.4 Å². The molecular weight excluding hydrogens is 372 g/mol. The second kappa shape index (κ2) is 9.30. The van der Waals surface area contributed by atoms with Crippen LogP contribution in [-0.4, -0.2) is 33.1 Å². The van der Waals surface area contributed by atoms with Crippen molar-refractivity contribution >= 4 is 0 Å². The zero-order valence-corrected chi connectivity index (χ0v) is 19.7. The van der Waals surface area contributed by atoms with Crippen LogP contribution in [0.3, 0.4) is 0 Å². The Hall–Kier alpha value is -0.900. The van der Waals surface area contributed by atoms with Crippen molar-refractivity contribution in [2.75, 3.05) is 0 Å². The lowest BCUT2D eigenvalue weighted by atomic mass is 9.60. The third kappa shape index (κ3) is 5.11. The molecule has 3 rings (SSSR count). The van der Waals surface area contributed by atoms with E-state index in [0.29, 0.717) is 29.6 Å². The van der Waals surface area contributed by atoms with Gasteiger partial charge in [-0.1, -0.05) is 43.7 Å². The van der Waals surface area contributed by atoms with Crippen molar-refractivity contribution in [2.45, 2.75) is 110 Å². The standard InChI is InChI=1S/C27H44O3/c1-18-8-12-22(28)17-21(18)11-10-20-7-6-16-27(5)23(13-14-24(20)27)19(2)9-15-25(29)26(3,4)30/h10-11,19,22-25,28-30H,1,6-9,12-17H2,2-5H3/b20-10+,21-11-/t19?,22-,23+,24-,25+,27?/m0/s1. The maximum Gasteiger partial charge on any atom is 0.0849 e. The molecule has 0 aromatic rings. The first-order chi connectivity index (χ1) is 14.0. The first-order valence-electron chi connectivity index (χ1n) is 12.2. The van der Waals surface area contributed by atoms with Crippen LogP contribution in [0.25, 0.3) is 0 Å². The number of fused-ring (bicyclic) bond motifs is 1. The van der Waals surface area contributed by atoms with Gasteiger partial charge in [0.25, 0.3) is 0 Å². The van der Waals surface area contributed by atoms with Crippen molar-refractivity contribution in [3.05, 3.63) is 35.5 Å². The molecule has 170 valence electrons. The quantitative estimate of drug-likeness (QED) is 0.520. The summed E-state index contributed by atoms with van der Waals surface area (Å²) in [7, 11) is 0. The van der Waals surface area contributed by atoms with Gasteiger partial charge in [-0.05, 0) is 107 Å². The molecule has 0 amide bonds. The Labute approximate surface area is 184 Å². The van der Waals surface area contributed by atoms with E-state index < -0.39 is 11.7 Å². The fraction of sp³-hybridized carbons (Fsp3) is 0.778. The van der Waals surface area contributed by atoms with Crippen molar-refractivity contribution in [3.63, 3.8) is 0 Å². The van der Waals surface area contributed by atoms with E-state index in [-0.39, 0.29) is 6.10 Å². The van der Waals surface area contributed by atoms with Crippen molar-refractivity contribution in [1.82, 2.24) is 0 Å². The highest BCUT2D eigenvalue weighted by Crippen LogP contribution is 2.60. The summed E-state index contributed by atoms with van der Waals surface area (Å²) >= 11 is 0. The van der Waals surface area contributed by atoms with Gasteiger partial charge in [-0.15, -0.1) is 0 Å². The van der Waals surface area contributed by atoms with Crippen molar-refractivity contribution < 1.29 is 15.3 Å². The molecule has 3 fully saturated rings. The molecule has 0 aromatic carbocycles. The van der Waals surface area contributed by atoms with E-state index in [1.165, 1.54) is 43.3 Å². The van der Waals surface area contributed by atoms with Gasteiger partial charge in [0.1, 0.15) is 0 Å². The van der Waals surface area contributed by atoms with Gasteiger partial charge in [0.15, 0.2) is 0 Å². The van der Waals surface area contributed by atoms with Crippen molar-refractivity contribution in [1.29, 1.82) is 0 Å². The number of hydrogen-bond donors (Lipinski definition) is 3. The Kier molecular flexibility index (Phi) is 7.37. The molecule has 3 aliphatic carbocycles. The monoisotopic (exact) mass is 416 g/mol. The Bertz CT molecular complexity index is 683. The van der Waals surface area contributed by atoms with Crippen LogP contribution in [0.4, 0.5) is 0 Å². The summed E-state index contributed by atoms with van der Waals surface area (Å²) in [5.41, 5.74) is 3.34.